The molecule has 0 spiro atoms. The number of unbranched alkanes of at least 4 members (excludes halogenated alkanes) is 31. The first-order valence-corrected chi connectivity index (χ1v) is 28.3. The molecule has 0 saturated carbocycles. The summed E-state index contributed by atoms with van der Waals surface area (Å²) < 4.78 is 16.9. The highest BCUT2D eigenvalue weighted by Gasteiger charge is 2.19. The van der Waals surface area contributed by atoms with Crippen molar-refractivity contribution in [3.8, 4) is 0 Å². The molecule has 1 unspecified atom stereocenters. The Hall–Kier alpha value is -2.89. The van der Waals surface area contributed by atoms with E-state index < -0.39 is 6.10 Å². The summed E-state index contributed by atoms with van der Waals surface area (Å²) in [6.45, 7) is 6.51. The van der Waals surface area contributed by atoms with Gasteiger partial charge in [0.05, 0.1) is 0 Å². The van der Waals surface area contributed by atoms with Crippen molar-refractivity contribution in [2.75, 3.05) is 13.2 Å². The molecule has 382 valence electrons. The van der Waals surface area contributed by atoms with E-state index in [-0.39, 0.29) is 31.1 Å². The number of allylic oxidation sites excluding steroid dienone is 10. The highest BCUT2D eigenvalue weighted by molar-refractivity contribution is 5.71. The van der Waals surface area contributed by atoms with Gasteiger partial charge >= 0.3 is 17.9 Å². The van der Waals surface area contributed by atoms with Gasteiger partial charge in [0.2, 0.25) is 0 Å². The molecule has 0 aliphatic heterocycles. The lowest BCUT2D eigenvalue weighted by atomic mass is 10.0. The van der Waals surface area contributed by atoms with E-state index in [9.17, 15) is 14.4 Å². The van der Waals surface area contributed by atoms with Crippen molar-refractivity contribution in [3.63, 3.8) is 0 Å². The molecule has 1 atom stereocenters. The summed E-state index contributed by atoms with van der Waals surface area (Å²) in [5, 5.41) is 0. The normalized spacial score (nSPS) is 12.5. The Morgan fingerprint density at radius 1 is 0.333 bits per heavy atom. The number of esters is 3. The molecular weight excluding hydrogens is 817 g/mol. The van der Waals surface area contributed by atoms with Crippen LogP contribution in [0, 0.1) is 0 Å². The second kappa shape index (κ2) is 54.7. The van der Waals surface area contributed by atoms with Gasteiger partial charge in [0, 0.05) is 19.3 Å². The quantitative estimate of drug-likeness (QED) is 0.0199. The predicted octanol–water partition coefficient (Wildman–Crippen LogP) is 18.8. The highest BCUT2D eigenvalue weighted by Crippen LogP contribution is 2.16. The first-order valence-electron chi connectivity index (χ1n) is 28.3. The lowest BCUT2D eigenvalue weighted by molar-refractivity contribution is -0.167. The summed E-state index contributed by atoms with van der Waals surface area (Å²) in [5.74, 6) is -0.884. The van der Waals surface area contributed by atoms with Gasteiger partial charge in [-0.15, -0.1) is 0 Å². The molecule has 66 heavy (non-hydrogen) atoms. The van der Waals surface area contributed by atoms with Crippen molar-refractivity contribution < 1.29 is 28.6 Å². The van der Waals surface area contributed by atoms with Gasteiger partial charge in [-0.05, 0) is 77.0 Å². The fraction of sp³-hybridized carbons (Fsp3) is 0.783. The lowest BCUT2D eigenvalue weighted by Gasteiger charge is -2.18. The second-order valence-corrected chi connectivity index (χ2v) is 18.9. The minimum atomic E-state index is -0.780. The molecule has 0 rings (SSSR count). The van der Waals surface area contributed by atoms with Crippen molar-refractivity contribution >= 4 is 17.9 Å². The van der Waals surface area contributed by atoms with E-state index in [4.69, 9.17) is 14.2 Å². The van der Waals surface area contributed by atoms with Crippen LogP contribution >= 0.6 is 0 Å². The van der Waals surface area contributed by atoms with Crippen LogP contribution in [0.4, 0.5) is 0 Å². The Kier molecular flexibility index (Phi) is 52.3. The van der Waals surface area contributed by atoms with Gasteiger partial charge in [0.25, 0.3) is 0 Å². The number of ether oxygens (including phenoxy) is 3. The van der Waals surface area contributed by atoms with Crippen LogP contribution in [-0.2, 0) is 28.6 Å². The molecule has 0 amide bonds. The number of hydrogen-bond donors (Lipinski definition) is 0. The molecule has 0 radical (unpaired) electrons. The fourth-order valence-corrected chi connectivity index (χ4v) is 8.04. The summed E-state index contributed by atoms with van der Waals surface area (Å²) in [6.07, 6.45) is 67.7. The average molecular weight is 924 g/mol. The molecule has 0 heterocycles. The zero-order chi connectivity index (χ0) is 47.9. The maximum absolute atomic E-state index is 12.8. The van der Waals surface area contributed by atoms with Crippen molar-refractivity contribution in [1.82, 2.24) is 0 Å². The number of rotatable bonds is 51. The molecule has 0 bridgehead atoms. The van der Waals surface area contributed by atoms with E-state index in [1.54, 1.807) is 0 Å². The van der Waals surface area contributed by atoms with Crippen LogP contribution in [0.5, 0.6) is 0 Å². The molecule has 0 N–H and O–H groups in total. The minimum Gasteiger partial charge on any atom is -0.462 e. The van der Waals surface area contributed by atoms with Crippen LogP contribution in [-0.4, -0.2) is 37.2 Å². The van der Waals surface area contributed by atoms with Crippen molar-refractivity contribution in [2.24, 2.45) is 0 Å². The third-order valence-corrected chi connectivity index (χ3v) is 12.3. The van der Waals surface area contributed by atoms with Crippen LogP contribution in [0.25, 0.3) is 0 Å². The topological polar surface area (TPSA) is 78.9 Å². The molecular formula is C60H106O6. The van der Waals surface area contributed by atoms with E-state index in [1.807, 2.05) is 0 Å². The Morgan fingerprint density at radius 2 is 0.636 bits per heavy atom. The monoisotopic (exact) mass is 923 g/mol. The average Bonchev–Trinajstić information content (AvgIpc) is 3.31. The van der Waals surface area contributed by atoms with Crippen LogP contribution in [0.15, 0.2) is 60.8 Å². The molecule has 0 aromatic carbocycles. The molecule has 0 saturated heterocycles. The summed E-state index contributed by atoms with van der Waals surface area (Å²) in [6, 6.07) is 0. The third-order valence-electron chi connectivity index (χ3n) is 12.3. The van der Waals surface area contributed by atoms with E-state index in [2.05, 4.69) is 81.5 Å². The van der Waals surface area contributed by atoms with E-state index in [0.29, 0.717) is 19.3 Å². The van der Waals surface area contributed by atoms with Gasteiger partial charge in [0.15, 0.2) is 6.10 Å². The Morgan fingerprint density at radius 3 is 1.05 bits per heavy atom. The maximum atomic E-state index is 12.8. The fourth-order valence-electron chi connectivity index (χ4n) is 8.04. The van der Waals surface area contributed by atoms with Crippen molar-refractivity contribution in [3.05, 3.63) is 60.8 Å². The van der Waals surface area contributed by atoms with Gasteiger partial charge in [-0.25, -0.2) is 0 Å². The number of carbonyl (C=O) groups excluding carboxylic acids is 3. The molecule has 0 aliphatic rings. The van der Waals surface area contributed by atoms with E-state index >= 15 is 0 Å². The van der Waals surface area contributed by atoms with Gasteiger partial charge < -0.3 is 14.2 Å². The Labute approximate surface area is 409 Å². The molecule has 0 aromatic rings. The zero-order valence-electron chi connectivity index (χ0n) is 43.7. The third kappa shape index (κ3) is 52.1. The zero-order valence-corrected chi connectivity index (χ0v) is 43.7. The van der Waals surface area contributed by atoms with Gasteiger partial charge in [-0.2, -0.15) is 0 Å². The minimum absolute atomic E-state index is 0.0781. The van der Waals surface area contributed by atoms with E-state index in [1.165, 1.54) is 154 Å². The summed E-state index contributed by atoms with van der Waals surface area (Å²) in [5.41, 5.74) is 0. The number of hydrogen-bond acceptors (Lipinski definition) is 6. The van der Waals surface area contributed by atoms with Crippen LogP contribution in [0.3, 0.4) is 0 Å². The first-order chi connectivity index (χ1) is 32.5. The predicted molar refractivity (Wildman–Crippen MR) is 284 cm³/mol. The SMILES string of the molecule is CC/C=C\C/C=C\C/C=C\CCCCCCCCC(=O)OC(COC(=O)CCCCCCCCCCCC/C=C\C=C/CCCCC)COC(=O)CCCCCCCCCCCCCCC. The van der Waals surface area contributed by atoms with Crippen molar-refractivity contribution in [1.29, 1.82) is 0 Å². The molecule has 0 aromatic heterocycles. The molecule has 6 nitrogen and oxygen atoms in total. The summed E-state index contributed by atoms with van der Waals surface area (Å²) in [4.78, 5) is 38.1. The molecule has 0 fully saturated rings. The van der Waals surface area contributed by atoms with Crippen LogP contribution in [0.2, 0.25) is 0 Å². The highest BCUT2D eigenvalue weighted by atomic mass is 16.6. The largest absolute Gasteiger partial charge is 0.462 e. The summed E-state index contributed by atoms with van der Waals surface area (Å²) in [7, 11) is 0. The molecule has 6 heteroatoms. The van der Waals surface area contributed by atoms with Gasteiger partial charge in [-0.1, -0.05) is 248 Å². The Balaban J connectivity index is 4.36. The van der Waals surface area contributed by atoms with Gasteiger partial charge in [0.1, 0.15) is 13.2 Å². The van der Waals surface area contributed by atoms with Crippen molar-refractivity contribution in [2.45, 2.75) is 290 Å². The molecule has 0 aliphatic carbocycles. The standard InChI is InChI=1S/C60H106O6/c1-4-7-10-13-16-19-22-25-27-29-30-31-33-35-38-41-44-47-50-53-59(62)65-56-57(55-64-58(61)52-49-46-43-40-37-34-24-21-18-15-12-9-6-3)66-60(63)54-51-48-45-42-39-36-32-28-26-23-20-17-14-11-8-5-2/h8,11,16-17,19-20,22,25-26,28,57H,4-7,9-10,12-15,18,21,23-24,27,29-56H2,1-3H3/b11-8-,19-16-,20-17-,25-22-,28-26-. The Bertz CT molecular complexity index is 1200. The summed E-state index contributed by atoms with van der Waals surface area (Å²) >= 11 is 0. The van der Waals surface area contributed by atoms with Crippen LogP contribution < -0.4 is 0 Å². The van der Waals surface area contributed by atoms with E-state index in [0.717, 1.165) is 89.9 Å². The second-order valence-electron chi connectivity index (χ2n) is 18.9. The van der Waals surface area contributed by atoms with Crippen LogP contribution in [0.1, 0.15) is 284 Å². The number of carbonyl (C=O) groups is 3. The van der Waals surface area contributed by atoms with Gasteiger partial charge in [-0.3, -0.25) is 14.4 Å². The smallest absolute Gasteiger partial charge is 0.306 e. The maximum Gasteiger partial charge on any atom is 0.306 e. The lowest BCUT2D eigenvalue weighted by Crippen LogP contribution is -2.30. The first kappa shape index (κ1) is 63.1.